The molecule has 0 spiro atoms. The molecule has 1 saturated carbocycles. The number of benzene rings is 2. The Bertz CT molecular complexity index is 882. The molecule has 126 valence electrons. The van der Waals surface area contributed by atoms with E-state index in [1.54, 1.807) is 31.3 Å². The van der Waals surface area contributed by atoms with Crippen LogP contribution in [0.25, 0.3) is 0 Å². The topological polar surface area (TPSA) is 62.6 Å². The predicted molar refractivity (Wildman–Crippen MR) is 91.4 cm³/mol. The third kappa shape index (κ3) is 2.11. The van der Waals surface area contributed by atoms with Gasteiger partial charge >= 0.3 is 0 Å². The molecule has 2 aliphatic rings. The van der Waals surface area contributed by atoms with Gasteiger partial charge in [0.2, 0.25) is 0 Å². The molecule has 0 radical (unpaired) electrons. The van der Waals surface area contributed by atoms with Gasteiger partial charge in [-0.25, -0.2) is 0 Å². The Hall–Kier alpha value is -3.00. The molecule has 0 aromatic heterocycles. The van der Waals surface area contributed by atoms with Crippen molar-refractivity contribution in [2.45, 2.75) is 24.4 Å². The maximum Gasteiger partial charge on any atom is 0.256 e. The first-order valence-corrected chi connectivity index (χ1v) is 8.21. The molecule has 1 aliphatic heterocycles. The molecule has 1 amide bonds. The van der Waals surface area contributed by atoms with Crippen molar-refractivity contribution in [1.82, 2.24) is 4.90 Å². The minimum atomic E-state index is -0.661. The number of nitriles is 1. The lowest BCUT2D eigenvalue weighted by molar-refractivity contribution is 0.0635. The number of rotatable bonds is 4. The zero-order chi connectivity index (χ0) is 17.6. The van der Waals surface area contributed by atoms with Crippen molar-refractivity contribution < 1.29 is 14.3 Å². The van der Waals surface area contributed by atoms with Crippen LogP contribution in [0.15, 0.2) is 42.5 Å². The van der Waals surface area contributed by atoms with Crippen LogP contribution in [0.5, 0.6) is 11.5 Å². The van der Waals surface area contributed by atoms with Crippen LogP contribution < -0.4 is 9.47 Å². The highest BCUT2D eigenvalue weighted by molar-refractivity contribution is 6.02. The average molecular weight is 334 g/mol. The Morgan fingerprint density at radius 1 is 1.16 bits per heavy atom. The summed E-state index contributed by atoms with van der Waals surface area (Å²) < 4.78 is 10.7. The Morgan fingerprint density at radius 2 is 1.88 bits per heavy atom. The number of methoxy groups -OCH3 is 2. The lowest BCUT2D eigenvalue weighted by atomic mass is 10.0. The summed E-state index contributed by atoms with van der Waals surface area (Å²) in [5.41, 5.74) is 1.79. The summed E-state index contributed by atoms with van der Waals surface area (Å²) in [5.74, 6) is 0.924. The van der Waals surface area contributed by atoms with Gasteiger partial charge in [-0.05, 0) is 24.5 Å². The van der Waals surface area contributed by atoms with Crippen molar-refractivity contribution in [2.24, 2.45) is 0 Å². The fourth-order valence-corrected chi connectivity index (χ4v) is 3.82. The number of amides is 1. The van der Waals surface area contributed by atoms with Crippen molar-refractivity contribution in [2.75, 3.05) is 14.2 Å². The largest absolute Gasteiger partial charge is 0.497 e. The second-order valence-corrected chi connectivity index (χ2v) is 6.40. The fraction of sp³-hybridized carbons (Fsp3) is 0.300. The van der Waals surface area contributed by atoms with E-state index in [0.717, 1.165) is 18.4 Å². The fourth-order valence-electron chi connectivity index (χ4n) is 3.82. The van der Waals surface area contributed by atoms with Crippen LogP contribution in [0.2, 0.25) is 0 Å². The molecule has 25 heavy (non-hydrogen) atoms. The van der Waals surface area contributed by atoms with Crippen LogP contribution in [0, 0.1) is 11.3 Å². The molecule has 2 aromatic rings. The first kappa shape index (κ1) is 15.5. The lowest BCUT2D eigenvalue weighted by Crippen LogP contribution is -2.38. The molecule has 1 atom stereocenters. The Labute approximate surface area is 146 Å². The molecule has 1 aliphatic carbocycles. The summed E-state index contributed by atoms with van der Waals surface area (Å²) in [5, 5.41) is 9.85. The second kappa shape index (κ2) is 5.52. The smallest absolute Gasteiger partial charge is 0.256 e. The van der Waals surface area contributed by atoms with E-state index in [0.29, 0.717) is 22.6 Å². The van der Waals surface area contributed by atoms with Gasteiger partial charge in [0.25, 0.3) is 5.91 Å². The van der Waals surface area contributed by atoms with Gasteiger partial charge in [0.15, 0.2) is 0 Å². The number of nitrogens with zero attached hydrogens (tertiary/aromatic N) is 2. The number of fused-ring (bicyclic) bond motifs is 1. The number of carbonyl (C=O) groups is 1. The summed E-state index contributed by atoms with van der Waals surface area (Å²) in [7, 11) is 3.09. The number of carbonyl (C=O) groups excluding carboxylic acids is 1. The number of ether oxygens (including phenoxy) is 2. The van der Waals surface area contributed by atoms with E-state index in [9.17, 15) is 10.1 Å². The Morgan fingerprint density at radius 3 is 2.44 bits per heavy atom. The third-order valence-corrected chi connectivity index (χ3v) is 5.17. The van der Waals surface area contributed by atoms with Crippen LogP contribution in [0.3, 0.4) is 0 Å². The molecular formula is C20H18N2O3. The zero-order valence-corrected chi connectivity index (χ0v) is 14.2. The van der Waals surface area contributed by atoms with Gasteiger partial charge in [-0.3, -0.25) is 4.79 Å². The van der Waals surface area contributed by atoms with Gasteiger partial charge in [0.05, 0.1) is 31.4 Å². The average Bonchev–Trinajstić information content (AvgIpc) is 3.41. The van der Waals surface area contributed by atoms with Gasteiger partial charge in [-0.15, -0.1) is 0 Å². The SMILES string of the molecule is COc1cc(OC)c2c(c1)C(=O)N(C1(c3ccccc3)CC1)C2C#N. The van der Waals surface area contributed by atoms with Crippen LogP contribution in [-0.2, 0) is 5.54 Å². The predicted octanol–water partition coefficient (Wildman–Crippen LogP) is 3.41. The monoisotopic (exact) mass is 334 g/mol. The molecule has 5 heteroatoms. The molecule has 0 saturated heterocycles. The van der Waals surface area contributed by atoms with Crippen LogP contribution >= 0.6 is 0 Å². The van der Waals surface area contributed by atoms with Crippen molar-refractivity contribution in [3.63, 3.8) is 0 Å². The Kier molecular flexibility index (Phi) is 3.43. The van der Waals surface area contributed by atoms with E-state index in [1.807, 2.05) is 30.3 Å². The maximum atomic E-state index is 13.2. The van der Waals surface area contributed by atoms with Crippen molar-refractivity contribution in [1.29, 1.82) is 5.26 Å². The number of hydrogen-bond acceptors (Lipinski definition) is 4. The first-order valence-electron chi connectivity index (χ1n) is 8.21. The van der Waals surface area contributed by atoms with Crippen LogP contribution in [-0.4, -0.2) is 25.0 Å². The summed E-state index contributed by atoms with van der Waals surface area (Å²) in [6, 6.07) is 15.0. The molecule has 5 nitrogen and oxygen atoms in total. The molecule has 4 rings (SSSR count). The molecule has 1 heterocycles. The van der Waals surface area contributed by atoms with E-state index in [1.165, 1.54) is 0 Å². The van der Waals surface area contributed by atoms with Crippen molar-refractivity contribution >= 4 is 5.91 Å². The molecular weight excluding hydrogens is 316 g/mol. The van der Waals surface area contributed by atoms with Crippen LogP contribution in [0.4, 0.5) is 0 Å². The standard InChI is InChI=1S/C20H18N2O3/c1-24-14-10-15-18(17(11-14)25-2)16(12-21)22(19(15)23)20(8-9-20)13-6-4-3-5-7-13/h3-7,10-11,16H,8-9H2,1-2H3. The first-order chi connectivity index (χ1) is 12.2. The minimum absolute atomic E-state index is 0.139. The summed E-state index contributed by atoms with van der Waals surface area (Å²) in [6.07, 6.45) is 1.71. The van der Waals surface area contributed by atoms with Gasteiger partial charge in [-0.2, -0.15) is 5.26 Å². The van der Waals surface area contributed by atoms with Crippen molar-refractivity contribution in [3.05, 3.63) is 59.2 Å². The zero-order valence-electron chi connectivity index (χ0n) is 14.2. The highest BCUT2D eigenvalue weighted by Gasteiger charge is 2.58. The normalized spacial score (nSPS) is 20.0. The third-order valence-electron chi connectivity index (χ3n) is 5.17. The quantitative estimate of drug-likeness (QED) is 0.859. The van der Waals surface area contributed by atoms with E-state index < -0.39 is 11.6 Å². The van der Waals surface area contributed by atoms with E-state index in [-0.39, 0.29) is 5.91 Å². The Balaban J connectivity index is 1.87. The second-order valence-electron chi connectivity index (χ2n) is 6.40. The van der Waals surface area contributed by atoms with Gasteiger partial charge in [0, 0.05) is 11.6 Å². The van der Waals surface area contributed by atoms with E-state index in [2.05, 4.69) is 6.07 Å². The van der Waals surface area contributed by atoms with Gasteiger partial charge < -0.3 is 14.4 Å². The summed E-state index contributed by atoms with van der Waals surface area (Å²) in [6.45, 7) is 0. The molecule has 2 aromatic carbocycles. The van der Waals surface area contributed by atoms with Gasteiger partial charge in [0.1, 0.15) is 17.5 Å². The van der Waals surface area contributed by atoms with Crippen molar-refractivity contribution in [3.8, 4) is 17.6 Å². The summed E-state index contributed by atoms with van der Waals surface area (Å²) in [4.78, 5) is 15.0. The van der Waals surface area contributed by atoms with Crippen LogP contribution in [0.1, 0.15) is 40.4 Å². The molecule has 1 fully saturated rings. The molecule has 0 bridgehead atoms. The summed E-state index contributed by atoms with van der Waals surface area (Å²) >= 11 is 0. The highest BCUT2D eigenvalue weighted by atomic mass is 16.5. The minimum Gasteiger partial charge on any atom is -0.497 e. The maximum absolute atomic E-state index is 13.2. The molecule has 1 unspecified atom stereocenters. The highest BCUT2D eigenvalue weighted by Crippen LogP contribution is 2.58. The molecule has 0 N–H and O–H groups in total. The van der Waals surface area contributed by atoms with E-state index >= 15 is 0 Å². The number of hydrogen-bond donors (Lipinski definition) is 0. The van der Waals surface area contributed by atoms with E-state index in [4.69, 9.17) is 9.47 Å². The van der Waals surface area contributed by atoms with Gasteiger partial charge in [-0.1, -0.05) is 30.3 Å². The lowest BCUT2D eigenvalue weighted by Gasteiger charge is -2.31.